The minimum atomic E-state index is -0.603. The normalized spacial score (nSPS) is 10.0. The van der Waals surface area contributed by atoms with Crippen molar-refractivity contribution in [3.63, 3.8) is 0 Å². The summed E-state index contributed by atoms with van der Waals surface area (Å²) in [5.74, 6) is -0.727. The van der Waals surface area contributed by atoms with E-state index in [2.05, 4.69) is 9.47 Å². The summed E-state index contributed by atoms with van der Waals surface area (Å²) in [6.07, 6.45) is 0.121. The number of hydrogen-bond acceptors (Lipinski definition) is 5. The number of hydrogen-bond donors (Lipinski definition) is 1. The van der Waals surface area contributed by atoms with Gasteiger partial charge in [0.15, 0.2) is 0 Å². The van der Waals surface area contributed by atoms with Gasteiger partial charge in [0, 0.05) is 26.7 Å². The van der Waals surface area contributed by atoms with Gasteiger partial charge in [-0.3, -0.25) is 9.59 Å². The number of aliphatic hydroxyl groups is 1. The van der Waals surface area contributed by atoms with Crippen molar-refractivity contribution in [2.45, 2.75) is 32.8 Å². The van der Waals surface area contributed by atoms with Crippen LogP contribution in [0.15, 0.2) is 0 Å². The lowest BCUT2D eigenvalue weighted by Crippen LogP contribution is -2.15. The van der Waals surface area contributed by atoms with Crippen molar-refractivity contribution in [2.75, 3.05) is 13.2 Å². The molecule has 82 valence electrons. The maximum Gasteiger partial charge on any atom is 0.302 e. The Kier molecular flexibility index (Phi) is 6.74. The summed E-state index contributed by atoms with van der Waals surface area (Å²) in [4.78, 5) is 20.7. The van der Waals surface area contributed by atoms with Crippen LogP contribution in [0.25, 0.3) is 0 Å². The molecule has 0 aromatic heterocycles. The van der Waals surface area contributed by atoms with Gasteiger partial charge >= 0.3 is 11.9 Å². The maximum atomic E-state index is 10.4. The van der Waals surface area contributed by atoms with E-state index in [-0.39, 0.29) is 25.2 Å². The van der Waals surface area contributed by atoms with Crippen LogP contribution in [-0.4, -0.2) is 36.4 Å². The highest BCUT2D eigenvalue weighted by Crippen LogP contribution is 1.99. The second kappa shape index (κ2) is 7.32. The fourth-order valence-corrected chi connectivity index (χ4v) is 0.822. The molecule has 0 fully saturated rings. The van der Waals surface area contributed by atoms with Crippen LogP contribution in [0.5, 0.6) is 0 Å². The highest BCUT2D eigenvalue weighted by molar-refractivity contribution is 5.66. The van der Waals surface area contributed by atoms with Gasteiger partial charge in [0.2, 0.25) is 0 Å². The second-order valence-corrected chi connectivity index (χ2v) is 2.91. The fourth-order valence-electron chi connectivity index (χ4n) is 0.822. The molecule has 0 bridgehead atoms. The van der Waals surface area contributed by atoms with Crippen molar-refractivity contribution in [1.82, 2.24) is 0 Å². The van der Waals surface area contributed by atoms with E-state index in [0.717, 1.165) is 0 Å². The molecule has 0 aromatic carbocycles. The number of ether oxygens (including phenoxy) is 2. The van der Waals surface area contributed by atoms with Crippen LogP contribution in [-0.2, 0) is 19.1 Å². The zero-order valence-electron chi connectivity index (χ0n) is 8.49. The number of esters is 2. The summed E-state index contributed by atoms with van der Waals surface area (Å²) >= 11 is 0. The van der Waals surface area contributed by atoms with Crippen LogP contribution in [0, 0.1) is 0 Å². The topological polar surface area (TPSA) is 72.8 Å². The summed E-state index contributed by atoms with van der Waals surface area (Å²) < 4.78 is 9.27. The fraction of sp³-hybridized carbons (Fsp3) is 0.778. The van der Waals surface area contributed by atoms with E-state index in [1.165, 1.54) is 13.8 Å². The van der Waals surface area contributed by atoms with E-state index in [4.69, 9.17) is 0 Å². The van der Waals surface area contributed by atoms with Crippen molar-refractivity contribution in [1.29, 1.82) is 0 Å². The first-order valence-electron chi connectivity index (χ1n) is 4.47. The first-order valence-corrected chi connectivity index (χ1v) is 4.47. The molecule has 0 saturated heterocycles. The minimum Gasteiger partial charge on any atom is -0.466 e. The largest absolute Gasteiger partial charge is 0.466 e. The van der Waals surface area contributed by atoms with Crippen LogP contribution in [0.4, 0.5) is 0 Å². The van der Waals surface area contributed by atoms with Crippen molar-refractivity contribution < 1.29 is 24.2 Å². The van der Waals surface area contributed by atoms with Crippen molar-refractivity contribution >= 4 is 11.9 Å². The smallest absolute Gasteiger partial charge is 0.302 e. The summed E-state index contributed by atoms with van der Waals surface area (Å²) in [7, 11) is 0. The predicted octanol–water partition coefficient (Wildman–Crippen LogP) is 0.254. The summed E-state index contributed by atoms with van der Waals surface area (Å²) in [5.41, 5.74) is 0. The van der Waals surface area contributed by atoms with Crippen molar-refractivity contribution in [3.8, 4) is 0 Å². The standard InChI is InChI=1S/C9H16O5/c1-7(10)13-5-3-9(12)4-6-14-8(2)11/h9,12H,3-6H2,1-2H3. The van der Waals surface area contributed by atoms with Gasteiger partial charge in [0.1, 0.15) is 0 Å². The Morgan fingerprint density at radius 2 is 1.43 bits per heavy atom. The van der Waals surface area contributed by atoms with Crippen molar-refractivity contribution in [3.05, 3.63) is 0 Å². The first kappa shape index (κ1) is 12.9. The van der Waals surface area contributed by atoms with Gasteiger partial charge in [-0.05, 0) is 0 Å². The molecule has 1 N–H and O–H groups in total. The van der Waals surface area contributed by atoms with E-state index in [1.807, 2.05) is 0 Å². The predicted molar refractivity (Wildman–Crippen MR) is 48.5 cm³/mol. The molecule has 0 spiro atoms. The Balaban J connectivity index is 3.32. The van der Waals surface area contributed by atoms with Crippen LogP contribution in [0.1, 0.15) is 26.7 Å². The van der Waals surface area contributed by atoms with Crippen LogP contribution in [0.2, 0.25) is 0 Å². The maximum absolute atomic E-state index is 10.4. The van der Waals surface area contributed by atoms with Crippen LogP contribution >= 0.6 is 0 Å². The molecular formula is C9H16O5. The third-order valence-electron chi connectivity index (χ3n) is 1.51. The molecule has 5 heteroatoms. The number of rotatable bonds is 6. The Morgan fingerprint density at radius 3 is 1.71 bits per heavy atom. The van der Waals surface area contributed by atoms with E-state index in [9.17, 15) is 14.7 Å². The lowest BCUT2D eigenvalue weighted by molar-refractivity contribution is -0.141. The van der Waals surface area contributed by atoms with Gasteiger partial charge in [0.25, 0.3) is 0 Å². The zero-order chi connectivity index (χ0) is 11.0. The third kappa shape index (κ3) is 8.99. The average molecular weight is 204 g/mol. The van der Waals surface area contributed by atoms with Gasteiger partial charge in [-0.15, -0.1) is 0 Å². The highest BCUT2D eigenvalue weighted by Gasteiger charge is 2.05. The molecule has 0 aromatic rings. The number of aliphatic hydroxyl groups excluding tert-OH is 1. The molecule has 0 unspecified atom stereocenters. The summed E-state index contributed by atoms with van der Waals surface area (Å²) in [5, 5.41) is 9.29. The Bertz CT molecular complexity index is 170. The molecule has 0 atom stereocenters. The van der Waals surface area contributed by atoms with Crippen molar-refractivity contribution in [2.24, 2.45) is 0 Å². The van der Waals surface area contributed by atoms with Crippen LogP contribution < -0.4 is 0 Å². The SMILES string of the molecule is CC(=O)OCCC(O)CCOC(C)=O. The molecule has 0 aliphatic carbocycles. The van der Waals surface area contributed by atoms with Gasteiger partial charge < -0.3 is 14.6 Å². The molecule has 14 heavy (non-hydrogen) atoms. The quantitative estimate of drug-likeness (QED) is 0.628. The van der Waals surface area contributed by atoms with Gasteiger partial charge in [-0.1, -0.05) is 0 Å². The highest BCUT2D eigenvalue weighted by atomic mass is 16.5. The molecule has 0 saturated carbocycles. The van der Waals surface area contributed by atoms with Gasteiger partial charge in [-0.2, -0.15) is 0 Å². The minimum absolute atomic E-state index is 0.191. The molecule has 0 aliphatic rings. The second-order valence-electron chi connectivity index (χ2n) is 2.91. The van der Waals surface area contributed by atoms with E-state index in [1.54, 1.807) is 0 Å². The Hall–Kier alpha value is -1.10. The first-order chi connectivity index (χ1) is 6.52. The van der Waals surface area contributed by atoms with E-state index >= 15 is 0 Å². The lowest BCUT2D eigenvalue weighted by atomic mass is 10.2. The zero-order valence-corrected chi connectivity index (χ0v) is 8.49. The van der Waals surface area contributed by atoms with Gasteiger partial charge in [-0.25, -0.2) is 0 Å². The molecule has 0 radical (unpaired) electrons. The third-order valence-corrected chi connectivity index (χ3v) is 1.51. The summed E-state index contributed by atoms with van der Waals surface area (Å²) in [6.45, 7) is 3.00. The molecule has 5 nitrogen and oxygen atoms in total. The summed E-state index contributed by atoms with van der Waals surface area (Å²) in [6, 6.07) is 0. The number of carbonyl (C=O) groups excluding carboxylic acids is 2. The molecule has 0 amide bonds. The van der Waals surface area contributed by atoms with E-state index in [0.29, 0.717) is 12.8 Å². The molecule has 0 aliphatic heterocycles. The molecule has 0 rings (SSSR count). The van der Waals surface area contributed by atoms with Crippen LogP contribution in [0.3, 0.4) is 0 Å². The Labute approximate surface area is 83.0 Å². The monoisotopic (exact) mass is 204 g/mol. The number of carbonyl (C=O) groups is 2. The average Bonchev–Trinajstić information content (AvgIpc) is 2.02. The molecule has 0 heterocycles. The van der Waals surface area contributed by atoms with Gasteiger partial charge in [0.05, 0.1) is 19.3 Å². The lowest BCUT2D eigenvalue weighted by Gasteiger charge is -2.09. The molecular weight excluding hydrogens is 188 g/mol. The Morgan fingerprint density at radius 1 is 1.07 bits per heavy atom. The van der Waals surface area contributed by atoms with E-state index < -0.39 is 6.10 Å².